The zero-order valence-corrected chi connectivity index (χ0v) is 9.82. The van der Waals surface area contributed by atoms with Gasteiger partial charge < -0.3 is 15.7 Å². The van der Waals surface area contributed by atoms with Crippen LogP contribution in [0.3, 0.4) is 0 Å². The van der Waals surface area contributed by atoms with Gasteiger partial charge in [0.05, 0.1) is 13.2 Å². The molecule has 1 amide bonds. The summed E-state index contributed by atoms with van der Waals surface area (Å²) in [6.07, 6.45) is 0.447. The number of nitrogens with zero attached hydrogens (tertiary/aromatic N) is 1. The van der Waals surface area contributed by atoms with Crippen LogP contribution in [0.4, 0.5) is 8.78 Å². The molecule has 0 aliphatic heterocycles. The van der Waals surface area contributed by atoms with E-state index in [2.05, 4.69) is 0 Å². The number of halogens is 2. The number of carbonyl (C=O) groups excluding carboxylic acids is 1. The third-order valence-corrected chi connectivity index (χ3v) is 3.10. The number of hydrogen-bond acceptors (Lipinski definition) is 3. The van der Waals surface area contributed by atoms with Gasteiger partial charge in [-0.3, -0.25) is 4.79 Å². The minimum absolute atomic E-state index is 0.0137. The third-order valence-electron chi connectivity index (χ3n) is 3.10. The van der Waals surface area contributed by atoms with E-state index in [0.29, 0.717) is 12.8 Å². The Kier molecular flexibility index (Phi) is 5.77. The Morgan fingerprint density at radius 2 is 2.18 bits per heavy atom. The lowest BCUT2D eigenvalue weighted by molar-refractivity contribution is -0.139. The molecule has 0 bridgehead atoms. The number of aliphatic hydroxyl groups excluding tert-OH is 1. The van der Waals surface area contributed by atoms with Crippen LogP contribution in [0, 0.1) is 5.92 Å². The molecule has 1 fully saturated rings. The lowest BCUT2D eigenvalue weighted by Crippen LogP contribution is -2.43. The predicted octanol–water partition coefficient (Wildman–Crippen LogP) is 0.590. The molecule has 0 aromatic rings. The first-order valence-corrected chi connectivity index (χ1v) is 5.98. The van der Waals surface area contributed by atoms with Crippen molar-refractivity contribution in [1.29, 1.82) is 0 Å². The van der Waals surface area contributed by atoms with Crippen LogP contribution in [0.2, 0.25) is 0 Å². The molecule has 2 atom stereocenters. The van der Waals surface area contributed by atoms with Crippen LogP contribution in [0.15, 0.2) is 0 Å². The average Bonchev–Trinajstić information content (AvgIpc) is 2.27. The van der Waals surface area contributed by atoms with Gasteiger partial charge in [0.2, 0.25) is 5.91 Å². The van der Waals surface area contributed by atoms with Crippen LogP contribution in [-0.4, -0.2) is 48.1 Å². The fourth-order valence-electron chi connectivity index (χ4n) is 2.29. The summed E-state index contributed by atoms with van der Waals surface area (Å²) in [5.41, 5.74) is 5.77. The Bertz CT molecular complexity index is 252. The van der Waals surface area contributed by atoms with Crippen molar-refractivity contribution in [2.45, 2.75) is 38.2 Å². The van der Waals surface area contributed by atoms with Crippen molar-refractivity contribution >= 4 is 5.91 Å². The van der Waals surface area contributed by atoms with Gasteiger partial charge >= 0.3 is 0 Å². The second-order valence-electron chi connectivity index (χ2n) is 4.52. The van der Waals surface area contributed by atoms with E-state index < -0.39 is 13.0 Å². The van der Waals surface area contributed by atoms with Gasteiger partial charge in [-0.2, -0.15) is 0 Å². The van der Waals surface area contributed by atoms with Gasteiger partial charge in [-0.25, -0.2) is 8.78 Å². The number of hydrogen-bond donors (Lipinski definition) is 2. The van der Waals surface area contributed by atoms with Gasteiger partial charge in [0.25, 0.3) is 6.43 Å². The van der Waals surface area contributed by atoms with Crippen molar-refractivity contribution in [2.24, 2.45) is 11.7 Å². The van der Waals surface area contributed by atoms with E-state index in [0.717, 1.165) is 17.7 Å². The standard InChI is InChI=1S/C11H20F2N2O2/c12-10(13)7-15(4-5-16)11(17)8-2-1-3-9(14)6-8/h8-10,16H,1-7,14H2. The summed E-state index contributed by atoms with van der Waals surface area (Å²) in [5, 5.41) is 8.79. The van der Waals surface area contributed by atoms with Crippen LogP contribution in [-0.2, 0) is 4.79 Å². The quantitative estimate of drug-likeness (QED) is 0.750. The van der Waals surface area contributed by atoms with Gasteiger partial charge in [0.15, 0.2) is 0 Å². The highest BCUT2D eigenvalue weighted by atomic mass is 19.3. The first kappa shape index (κ1) is 14.3. The zero-order valence-electron chi connectivity index (χ0n) is 9.82. The van der Waals surface area contributed by atoms with Gasteiger partial charge in [-0.05, 0) is 19.3 Å². The summed E-state index contributed by atoms with van der Waals surface area (Å²) in [4.78, 5) is 13.0. The van der Waals surface area contributed by atoms with E-state index in [1.54, 1.807) is 0 Å². The second kappa shape index (κ2) is 6.86. The maximum atomic E-state index is 12.3. The normalized spacial score (nSPS) is 25.0. The van der Waals surface area contributed by atoms with Crippen LogP contribution in [0.5, 0.6) is 0 Å². The monoisotopic (exact) mass is 250 g/mol. The molecular weight excluding hydrogens is 230 g/mol. The largest absolute Gasteiger partial charge is 0.395 e. The summed E-state index contributed by atoms with van der Waals surface area (Å²) in [7, 11) is 0. The van der Waals surface area contributed by atoms with Gasteiger partial charge in [-0.1, -0.05) is 6.42 Å². The van der Waals surface area contributed by atoms with Crippen LogP contribution in [0.1, 0.15) is 25.7 Å². The molecule has 2 unspecified atom stereocenters. The van der Waals surface area contributed by atoms with Crippen molar-refractivity contribution in [3.63, 3.8) is 0 Å². The Labute approximate surface area is 99.8 Å². The predicted molar refractivity (Wildman–Crippen MR) is 59.6 cm³/mol. The molecule has 0 aromatic carbocycles. The smallest absolute Gasteiger partial charge is 0.255 e. The topological polar surface area (TPSA) is 66.6 Å². The number of nitrogens with two attached hydrogens (primary N) is 1. The number of amides is 1. The van der Waals surface area contributed by atoms with E-state index in [-0.39, 0.29) is 31.0 Å². The minimum atomic E-state index is -2.57. The maximum Gasteiger partial charge on any atom is 0.255 e. The van der Waals surface area contributed by atoms with Crippen LogP contribution < -0.4 is 5.73 Å². The van der Waals surface area contributed by atoms with Crippen molar-refractivity contribution in [1.82, 2.24) is 4.90 Å². The maximum absolute atomic E-state index is 12.3. The summed E-state index contributed by atoms with van der Waals surface area (Å²) in [5.74, 6) is -0.557. The van der Waals surface area contributed by atoms with Gasteiger partial charge in [-0.15, -0.1) is 0 Å². The van der Waals surface area contributed by atoms with Gasteiger partial charge in [0, 0.05) is 18.5 Å². The van der Waals surface area contributed by atoms with Crippen LogP contribution in [0.25, 0.3) is 0 Å². The molecule has 0 aromatic heterocycles. The Hall–Kier alpha value is -0.750. The molecule has 0 heterocycles. The number of aliphatic hydroxyl groups is 1. The van der Waals surface area contributed by atoms with Crippen molar-refractivity contribution < 1.29 is 18.7 Å². The van der Waals surface area contributed by atoms with Crippen molar-refractivity contribution in [3.05, 3.63) is 0 Å². The highest BCUT2D eigenvalue weighted by Crippen LogP contribution is 2.25. The lowest BCUT2D eigenvalue weighted by Gasteiger charge is -2.31. The van der Waals surface area contributed by atoms with Crippen molar-refractivity contribution in [2.75, 3.05) is 19.7 Å². The summed E-state index contributed by atoms with van der Waals surface area (Å²) < 4.78 is 24.6. The Morgan fingerprint density at radius 1 is 1.47 bits per heavy atom. The Morgan fingerprint density at radius 3 is 2.71 bits per heavy atom. The summed E-state index contributed by atoms with van der Waals surface area (Å²) in [6.45, 7) is -0.933. The van der Waals surface area contributed by atoms with E-state index in [1.165, 1.54) is 0 Å². The molecule has 4 nitrogen and oxygen atoms in total. The zero-order chi connectivity index (χ0) is 12.8. The summed E-state index contributed by atoms with van der Waals surface area (Å²) in [6, 6.07) is -0.0137. The molecule has 0 radical (unpaired) electrons. The molecule has 1 rings (SSSR count). The first-order valence-electron chi connectivity index (χ1n) is 5.98. The van der Waals surface area contributed by atoms with Crippen LogP contribution >= 0.6 is 0 Å². The third kappa shape index (κ3) is 4.55. The highest BCUT2D eigenvalue weighted by Gasteiger charge is 2.29. The molecule has 17 heavy (non-hydrogen) atoms. The molecule has 1 aliphatic carbocycles. The average molecular weight is 250 g/mol. The molecule has 0 saturated heterocycles. The molecule has 1 aliphatic rings. The minimum Gasteiger partial charge on any atom is -0.395 e. The number of rotatable bonds is 5. The SMILES string of the molecule is NC1CCCC(C(=O)N(CCO)CC(F)F)C1. The molecule has 100 valence electrons. The van der Waals surface area contributed by atoms with Crippen molar-refractivity contribution in [3.8, 4) is 0 Å². The highest BCUT2D eigenvalue weighted by molar-refractivity contribution is 5.79. The number of carbonyl (C=O) groups is 1. The number of alkyl halides is 2. The second-order valence-corrected chi connectivity index (χ2v) is 4.52. The Balaban J connectivity index is 2.56. The molecule has 6 heteroatoms. The summed E-state index contributed by atoms with van der Waals surface area (Å²) >= 11 is 0. The van der Waals surface area contributed by atoms with E-state index >= 15 is 0 Å². The lowest BCUT2D eigenvalue weighted by atomic mass is 9.85. The first-order chi connectivity index (χ1) is 8.04. The fraction of sp³-hybridized carbons (Fsp3) is 0.909. The molecule has 0 spiro atoms. The van der Waals surface area contributed by atoms with E-state index in [9.17, 15) is 13.6 Å². The fourth-order valence-corrected chi connectivity index (χ4v) is 2.29. The molecule has 1 saturated carbocycles. The van der Waals surface area contributed by atoms with E-state index in [4.69, 9.17) is 10.8 Å². The molecule has 3 N–H and O–H groups in total. The van der Waals surface area contributed by atoms with Gasteiger partial charge in [0.1, 0.15) is 0 Å². The van der Waals surface area contributed by atoms with E-state index in [1.807, 2.05) is 0 Å². The molecular formula is C11H20F2N2O2.